The molecule has 12 nitrogen and oxygen atoms in total. The molecule has 1 aromatic carbocycles. The average molecular weight is 548 g/mol. The number of carbonyl (C=O) groups is 2. The lowest BCUT2D eigenvalue weighted by atomic mass is 9.96. The molecule has 0 bridgehead atoms. The maximum absolute atomic E-state index is 13.1. The van der Waals surface area contributed by atoms with Crippen molar-refractivity contribution in [3.8, 4) is 0 Å². The number of urea groups is 1. The van der Waals surface area contributed by atoms with Gasteiger partial charge >= 0.3 is 6.03 Å². The quantitative estimate of drug-likeness (QED) is 0.443. The third kappa shape index (κ3) is 4.40. The van der Waals surface area contributed by atoms with E-state index in [1.165, 1.54) is 23.9 Å². The van der Waals surface area contributed by atoms with Gasteiger partial charge in [-0.05, 0) is 30.9 Å². The third-order valence-electron chi connectivity index (χ3n) is 8.34. The van der Waals surface area contributed by atoms with E-state index < -0.39 is 30.3 Å². The minimum atomic E-state index is -0.865. The van der Waals surface area contributed by atoms with Crippen molar-refractivity contribution in [1.82, 2.24) is 30.2 Å². The van der Waals surface area contributed by atoms with E-state index in [0.717, 1.165) is 25.7 Å². The summed E-state index contributed by atoms with van der Waals surface area (Å²) in [5.74, 6) is -0.809. The first-order valence-electron chi connectivity index (χ1n) is 14.1. The Bertz CT molecular complexity index is 1410. The Balaban J connectivity index is 1.16. The zero-order valence-electron chi connectivity index (χ0n) is 22.3. The predicted octanol–water partition coefficient (Wildman–Crippen LogP) is 2.59. The highest BCUT2D eigenvalue weighted by Gasteiger charge is 2.62. The van der Waals surface area contributed by atoms with E-state index >= 15 is 0 Å². The maximum atomic E-state index is 13.1. The maximum Gasteiger partial charge on any atom is 0.320 e. The molecular formula is C28H33N7O5. The van der Waals surface area contributed by atoms with Crippen LogP contribution in [0.15, 0.2) is 36.9 Å². The SMILES string of the molecule is CCNC(=O)[C@H]1O[C@@H](n2cnc3c(NC(=O)NC4CCCCC4)ncnc32)[C@@H]2OC3(Cc4ccccc4C3)O[C@@H]21. The normalized spacial score (nSPS) is 27.0. The highest BCUT2D eigenvalue weighted by Crippen LogP contribution is 2.49. The van der Waals surface area contributed by atoms with E-state index in [4.69, 9.17) is 14.2 Å². The third-order valence-corrected chi connectivity index (χ3v) is 8.34. The molecule has 3 N–H and O–H groups in total. The number of nitrogens with one attached hydrogen (secondary N) is 3. The minimum Gasteiger partial charge on any atom is -0.354 e. The van der Waals surface area contributed by atoms with Gasteiger partial charge in [0.25, 0.3) is 5.91 Å². The van der Waals surface area contributed by atoms with Crippen LogP contribution in [0.1, 0.15) is 56.4 Å². The summed E-state index contributed by atoms with van der Waals surface area (Å²) in [6, 6.07) is 8.03. The molecule has 210 valence electrons. The standard InChI is InChI=1S/C28H33N7O5/c1-2-29-25(36)21-20-22(40-28(39-20)12-16-8-6-7-9-17(16)13-28)26(38-21)35-15-32-19-23(30-14-31-24(19)35)34-27(37)33-18-10-4-3-5-11-18/h6-9,14-15,18,20-22,26H,2-5,10-13H2,1H3,(H,29,36)(H2,30,31,33,34,37)/t20-,21+,22-,26-/m1/s1. The molecule has 0 unspecified atom stereocenters. The number of likely N-dealkylation sites (N-methyl/N-ethyl adjacent to an activating group) is 1. The summed E-state index contributed by atoms with van der Waals surface area (Å²) in [6.45, 7) is 2.33. The van der Waals surface area contributed by atoms with E-state index in [2.05, 4.69) is 43.0 Å². The Labute approximate surface area is 231 Å². The number of imidazole rings is 1. The average Bonchev–Trinajstić information content (AvgIpc) is 3.70. The van der Waals surface area contributed by atoms with Gasteiger partial charge in [-0.3, -0.25) is 14.7 Å². The molecule has 1 saturated carbocycles. The second-order valence-corrected chi connectivity index (χ2v) is 11.0. The largest absolute Gasteiger partial charge is 0.354 e. The topological polar surface area (TPSA) is 142 Å². The number of rotatable bonds is 5. The second-order valence-electron chi connectivity index (χ2n) is 11.0. The lowest BCUT2D eigenvalue weighted by molar-refractivity contribution is -0.210. The number of anilines is 1. The summed E-state index contributed by atoms with van der Waals surface area (Å²) < 4.78 is 21.2. The Morgan fingerprint density at radius 3 is 2.52 bits per heavy atom. The van der Waals surface area contributed by atoms with Gasteiger partial charge in [0.05, 0.1) is 6.33 Å². The molecule has 4 heterocycles. The molecule has 7 rings (SSSR count). The number of aromatic nitrogens is 4. The first-order chi connectivity index (χ1) is 19.5. The fourth-order valence-electron chi connectivity index (χ4n) is 6.54. The van der Waals surface area contributed by atoms with Crippen molar-refractivity contribution in [2.45, 2.75) is 88.2 Å². The first kappa shape index (κ1) is 25.4. The van der Waals surface area contributed by atoms with E-state index in [1.807, 2.05) is 19.1 Å². The van der Waals surface area contributed by atoms with Crippen molar-refractivity contribution in [3.63, 3.8) is 0 Å². The van der Waals surface area contributed by atoms with Gasteiger partial charge in [0.15, 0.2) is 35.1 Å². The Hall–Kier alpha value is -3.61. The molecule has 40 heavy (non-hydrogen) atoms. The summed E-state index contributed by atoms with van der Waals surface area (Å²) in [6.07, 6.45) is 6.80. The van der Waals surface area contributed by atoms with Crippen LogP contribution in [0.25, 0.3) is 11.2 Å². The molecule has 2 aliphatic carbocycles. The van der Waals surface area contributed by atoms with Crippen LogP contribution in [0, 0.1) is 0 Å². The minimum absolute atomic E-state index is 0.159. The van der Waals surface area contributed by atoms with Gasteiger partial charge in [-0.2, -0.15) is 0 Å². The van der Waals surface area contributed by atoms with Crippen LogP contribution in [0.4, 0.5) is 10.6 Å². The van der Waals surface area contributed by atoms with Gasteiger partial charge < -0.3 is 24.8 Å². The van der Waals surface area contributed by atoms with E-state index in [-0.39, 0.29) is 18.0 Å². The molecule has 1 spiro atoms. The smallest absolute Gasteiger partial charge is 0.320 e. The van der Waals surface area contributed by atoms with Crippen molar-refractivity contribution >= 4 is 28.9 Å². The summed E-state index contributed by atoms with van der Waals surface area (Å²) in [5.41, 5.74) is 3.24. The van der Waals surface area contributed by atoms with Gasteiger partial charge in [0, 0.05) is 25.4 Å². The summed E-state index contributed by atoms with van der Waals surface area (Å²) in [4.78, 5) is 39.0. The van der Waals surface area contributed by atoms with Crippen LogP contribution in [0.3, 0.4) is 0 Å². The number of hydrogen-bond donors (Lipinski definition) is 3. The van der Waals surface area contributed by atoms with Crippen LogP contribution < -0.4 is 16.0 Å². The Morgan fingerprint density at radius 2 is 1.77 bits per heavy atom. The monoisotopic (exact) mass is 547 g/mol. The molecule has 0 radical (unpaired) electrons. The van der Waals surface area contributed by atoms with Crippen LogP contribution in [-0.4, -0.2) is 68.1 Å². The Kier molecular flexibility index (Phi) is 6.40. The molecular weight excluding hydrogens is 514 g/mol. The fourth-order valence-corrected chi connectivity index (χ4v) is 6.54. The first-order valence-corrected chi connectivity index (χ1v) is 14.1. The fraction of sp³-hybridized carbons (Fsp3) is 0.536. The number of fused-ring (bicyclic) bond motifs is 3. The van der Waals surface area contributed by atoms with Crippen molar-refractivity contribution < 1.29 is 23.8 Å². The van der Waals surface area contributed by atoms with Crippen molar-refractivity contribution in [2.75, 3.05) is 11.9 Å². The zero-order chi connectivity index (χ0) is 27.3. The van der Waals surface area contributed by atoms with E-state index in [0.29, 0.717) is 36.4 Å². The van der Waals surface area contributed by atoms with Crippen LogP contribution in [-0.2, 0) is 31.8 Å². The number of amides is 3. The van der Waals surface area contributed by atoms with Crippen LogP contribution >= 0.6 is 0 Å². The van der Waals surface area contributed by atoms with Gasteiger partial charge in [-0.1, -0.05) is 43.5 Å². The van der Waals surface area contributed by atoms with Gasteiger partial charge in [-0.25, -0.2) is 19.7 Å². The molecule has 4 aliphatic rings. The van der Waals surface area contributed by atoms with Gasteiger partial charge in [0.2, 0.25) is 0 Å². The van der Waals surface area contributed by atoms with Crippen molar-refractivity contribution in [3.05, 3.63) is 48.0 Å². The van der Waals surface area contributed by atoms with E-state index in [9.17, 15) is 9.59 Å². The molecule has 3 fully saturated rings. The molecule has 12 heteroatoms. The van der Waals surface area contributed by atoms with Gasteiger partial charge in [-0.15, -0.1) is 0 Å². The molecule has 4 atom stereocenters. The van der Waals surface area contributed by atoms with Crippen molar-refractivity contribution in [2.24, 2.45) is 0 Å². The van der Waals surface area contributed by atoms with Gasteiger partial charge in [0.1, 0.15) is 18.5 Å². The Morgan fingerprint density at radius 1 is 1.02 bits per heavy atom. The highest BCUT2D eigenvalue weighted by atomic mass is 16.8. The lowest BCUT2D eigenvalue weighted by Crippen LogP contribution is -2.43. The molecule has 2 aromatic heterocycles. The summed E-state index contributed by atoms with van der Waals surface area (Å²) >= 11 is 0. The summed E-state index contributed by atoms with van der Waals surface area (Å²) in [7, 11) is 0. The number of carbonyl (C=O) groups excluding carboxylic acids is 2. The molecule has 2 aliphatic heterocycles. The number of ether oxygens (including phenoxy) is 3. The number of benzene rings is 1. The number of hydrogen-bond acceptors (Lipinski definition) is 8. The van der Waals surface area contributed by atoms with Crippen LogP contribution in [0.2, 0.25) is 0 Å². The zero-order valence-corrected chi connectivity index (χ0v) is 22.3. The van der Waals surface area contributed by atoms with Crippen LogP contribution in [0.5, 0.6) is 0 Å². The molecule has 2 saturated heterocycles. The lowest BCUT2D eigenvalue weighted by Gasteiger charge is -2.27. The highest BCUT2D eigenvalue weighted by molar-refractivity contribution is 5.96. The second kappa shape index (κ2) is 10.1. The van der Waals surface area contributed by atoms with E-state index in [1.54, 1.807) is 10.9 Å². The summed E-state index contributed by atoms with van der Waals surface area (Å²) in [5, 5.41) is 8.74. The van der Waals surface area contributed by atoms with Crippen molar-refractivity contribution in [1.29, 1.82) is 0 Å². The molecule has 3 aromatic rings. The number of nitrogens with zero attached hydrogens (tertiary/aromatic N) is 4. The molecule has 3 amide bonds. The predicted molar refractivity (Wildman–Crippen MR) is 143 cm³/mol.